The molecule has 0 aliphatic carbocycles. The van der Waals surface area contributed by atoms with Gasteiger partial charge in [0.15, 0.2) is 6.04 Å². The van der Waals surface area contributed by atoms with Gasteiger partial charge in [0.05, 0.1) is 30.8 Å². The first-order chi connectivity index (χ1) is 12.5. The predicted molar refractivity (Wildman–Crippen MR) is 98.2 cm³/mol. The molecule has 3 aromatic rings. The molecule has 0 bridgehead atoms. The molecule has 0 fully saturated rings. The van der Waals surface area contributed by atoms with E-state index >= 15 is 0 Å². The van der Waals surface area contributed by atoms with Crippen molar-refractivity contribution in [1.29, 1.82) is 0 Å². The maximum Gasteiger partial charge on any atom is 0.330 e. The molecule has 7 nitrogen and oxygen atoms in total. The summed E-state index contributed by atoms with van der Waals surface area (Å²) in [7, 11) is 1.21. The molecule has 136 valence electrons. The van der Waals surface area contributed by atoms with Crippen molar-refractivity contribution in [2.24, 2.45) is 0 Å². The molecule has 0 aliphatic rings. The van der Waals surface area contributed by atoms with Crippen LogP contribution in [0.2, 0.25) is 0 Å². The first-order valence-electron chi connectivity index (χ1n) is 8.04. The highest BCUT2D eigenvalue weighted by Crippen LogP contribution is 2.29. The monoisotopic (exact) mass is 373 g/mol. The number of fused-ring (bicyclic) bond motifs is 1. The van der Waals surface area contributed by atoms with Crippen LogP contribution in [0, 0.1) is 6.92 Å². The number of nitrogens with one attached hydrogen (secondary N) is 1. The van der Waals surface area contributed by atoms with Crippen molar-refractivity contribution in [3.8, 4) is 0 Å². The Morgan fingerprint density at radius 3 is 2.73 bits per heavy atom. The van der Waals surface area contributed by atoms with E-state index in [1.807, 2.05) is 41.9 Å². The number of nitrogens with zero attached hydrogens (tertiary/aromatic N) is 2. The number of aliphatic hydroxyl groups is 1. The van der Waals surface area contributed by atoms with E-state index in [-0.39, 0.29) is 0 Å². The summed E-state index contributed by atoms with van der Waals surface area (Å²) in [6.07, 6.45) is 0. The van der Waals surface area contributed by atoms with Crippen molar-refractivity contribution in [2.45, 2.75) is 19.5 Å². The number of carbonyl (C=O) groups excluding carboxylic acids is 2. The van der Waals surface area contributed by atoms with Crippen LogP contribution in [0.5, 0.6) is 0 Å². The number of hydrogen-bond acceptors (Lipinski definition) is 6. The standard InChI is InChI=1S/C18H19N3O4S/c1-11-13-8-15(16(23)19-14(10-22)18(24)25-2)26-17(13)21(20-11)9-12-6-4-3-5-7-12/h3-8,14,22H,9-10H2,1-2H3,(H,19,23)/t14-/m0/s1. The normalized spacial score (nSPS) is 12.1. The minimum absolute atomic E-state index is 0.429. The van der Waals surface area contributed by atoms with Gasteiger partial charge in [-0.15, -0.1) is 11.3 Å². The second-order valence-electron chi connectivity index (χ2n) is 5.79. The van der Waals surface area contributed by atoms with Crippen molar-refractivity contribution < 1.29 is 19.4 Å². The quantitative estimate of drug-likeness (QED) is 0.642. The Morgan fingerprint density at radius 2 is 2.08 bits per heavy atom. The Morgan fingerprint density at radius 1 is 1.35 bits per heavy atom. The largest absolute Gasteiger partial charge is 0.467 e. The van der Waals surface area contributed by atoms with Gasteiger partial charge in [0.1, 0.15) is 4.83 Å². The van der Waals surface area contributed by atoms with Crippen LogP contribution in [0.15, 0.2) is 36.4 Å². The Hall–Kier alpha value is -2.71. The van der Waals surface area contributed by atoms with E-state index in [2.05, 4.69) is 15.2 Å². The van der Waals surface area contributed by atoms with Crippen molar-refractivity contribution in [3.05, 3.63) is 52.5 Å². The minimum atomic E-state index is -1.08. The number of amides is 1. The number of ether oxygens (including phenoxy) is 1. The highest BCUT2D eigenvalue weighted by molar-refractivity contribution is 7.20. The number of hydrogen-bond donors (Lipinski definition) is 2. The molecule has 1 atom stereocenters. The molecule has 1 amide bonds. The lowest BCUT2D eigenvalue weighted by atomic mass is 10.2. The molecule has 2 N–H and O–H groups in total. The summed E-state index contributed by atoms with van der Waals surface area (Å²) < 4.78 is 6.43. The number of methoxy groups -OCH3 is 1. The zero-order valence-electron chi connectivity index (χ0n) is 14.4. The van der Waals surface area contributed by atoms with Gasteiger partial charge in [-0.3, -0.25) is 9.48 Å². The number of rotatable bonds is 6. The number of thiophene rings is 1. The zero-order valence-corrected chi connectivity index (χ0v) is 15.2. The lowest BCUT2D eigenvalue weighted by Crippen LogP contribution is -2.43. The van der Waals surface area contributed by atoms with Crippen molar-refractivity contribution in [2.75, 3.05) is 13.7 Å². The van der Waals surface area contributed by atoms with Gasteiger partial charge in [-0.05, 0) is 18.6 Å². The molecule has 0 saturated carbocycles. The molecular formula is C18H19N3O4S. The highest BCUT2D eigenvalue weighted by Gasteiger charge is 2.23. The molecule has 2 heterocycles. The van der Waals surface area contributed by atoms with Gasteiger partial charge in [0.25, 0.3) is 5.91 Å². The number of aliphatic hydroxyl groups excluding tert-OH is 1. The van der Waals surface area contributed by atoms with E-state index in [9.17, 15) is 14.7 Å². The van der Waals surface area contributed by atoms with Gasteiger partial charge >= 0.3 is 5.97 Å². The van der Waals surface area contributed by atoms with E-state index in [0.717, 1.165) is 21.5 Å². The van der Waals surface area contributed by atoms with Crippen LogP contribution in [-0.2, 0) is 16.1 Å². The van der Waals surface area contributed by atoms with Crippen molar-refractivity contribution in [1.82, 2.24) is 15.1 Å². The minimum Gasteiger partial charge on any atom is -0.467 e. The third kappa shape index (κ3) is 3.61. The molecule has 0 spiro atoms. The van der Waals surface area contributed by atoms with Crippen LogP contribution in [0.4, 0.5) is 0 Å². The summed E-state index contributed by atoms with van der Waals surface area (Å²) in [5, 5.41) is 17.2. The molecule has 2 aromatic heterocycles. The number of aryl methyl sites for hydroxylation is 1. The van der Waals surface area contributed by atoms with Gasteiger partial charge in [-0.25, -0.2) is 4.79 Å². The van der Waals surface area contributed by atoms with E-state index in [1.54, 1.807) is 6.07 Å². The van der Waals surface area contributed by atoms with Crippen molar-refractivity contribution >= 4 is 33.4 Å². The zero-order chi connectivity index (χ0) is 18.7. The number of benzene rings is 1. The third-order valence-corrected chi connectivity index (χ3v) is 5.13. The van der Waals surface area contributed by atoms with Crippen LogP contribution >= 0.6 is 11.3 Å². The molecular weight excluding hydrogens is 354 g/mol. The summed E-state index contributed by atoms with van der Waals surface area (Å²) in [6, 6.07) is 10.6. The molecule has 26 heavy (non-hydrogen) atoms. The average Bonchev–Trinajstić information content (AvgIpc) is 3.21. The Labute approximate surface area is 154 Å². The van der Waals surface area contributed by atoms with Crippen LogP contribution in [0.3, 0.4) is 0 Å². The fourth-order valence-electron chi connectivity index (χ4n) is 2.64. The second kappa shape index (κ2) is 7.67. The summed E-state index contributed by atoms with van der Waals surface area (Å²) >= 11 is 1.30. The maximum atomic E-state index is 12.4. The summed E-state index contributed by atoms with van der Waals surface area (Å²) in [5.41, 5.74) is 1.94. The molecule has 0 radical (unpaired) electrons. The van der Waals surface area contributed by atoms with E-state index in [1.165, 1.54) is 18.4 Å². The summed E-state index contributed by atoms with van der Waals surface area (Å²) in [4.78, 5) is 25.3. The predicted octanol–water partition coefficient (Wildman–Crippen LogP) is 1.72. The van der Waals surface area contributed by atoms with Gasteiger partial charge in [0, 0.05) is 5.39 Å². The van der Waals surface area contributed by atoms with Crippen LogP contribution in [-0.4, -0.2) is 46.5 Å². The van der Waals surface area contributed by atoms with E-state index in [0.29, 0.717) is 11.4 Å². The number of carbonyl (C=O) groups is 2. The van der Waals surface area contributed by atoms with Gasteiger partial charge < -0.3 is 15.2 Å². The first kappa shape index (κ1) is 18.1. The Kier molecular flexibility index (Phi) is 5.34. The number of aromatic nitrogens is 2. The summed E-state index contributed by atoms with van der Waals surface area (Å²) in [6.45, 7) is 1.97. The molecule has 8 heteroatoms. The molecule has 0 saturated heterocycles. The Balaban J connectivity index is 1.86. The average molecular weight is 373 g/mol. The molecule has 0 aliphatic heterocycles. The van der Waals surface area contributed by atoms with Gasteiger partial charge in [-0.2, -0.15) is 5.10 Å². The smallest absolute Gasteiger partial charge is 0.330 e. The van der Waals surface area contributed by atoms with Gasteiger partial charge in [0.2, 0.25) is 0 Å². The lowest BCUT2D eigenvalue weighted by Gasteiger charge is -2.12. The van der Waals surface area contributed by atoms with E-state index < -0.39 is 24.5 Å². The Bertz CT molecular complexity index is 933. The molecule has 1 aromatic carbocycles. The fraction of sp³-hybridized carbons (Fsp3) is 0.278. The SMILES string of the molecule is COC(=O)[C@H](CO)NC(=O)c1cc2c(C)nn(Cc3ccccc3)c2s1. The van der Waals surface area contributed by atoms with E-state index in [4.69, 9.17) is 0 Å². The maximum absolute atomic E-state index is 12.4. The third-order valence-electron chi connectivity index (χ3n) is 3.98. The van der Waals surface area contributed by atoms with Crippen LogP contribution in [0.25, 0.3) is 10.2 Å². The molecule has 3 rings (SSSR count). The van der Waals surface area contributed by atoms with Crippen LogP contribution in [0.1, 0.15) is 20.9 Å². The first-order valence-corrected chi connectivity index (χ1v) is 8.85. The fourth-order valence-corrected chi connectivity index (χ4v) is 3.70. The number of esters is 1. The van der Waals surface area contributed by atoms with Gasteiger partial charge in [-0.1, -0.05) is 30.3 Å². The summed E-state index contributed by atoms with van der Waals surface area (Å²) in [5.74, 6) is -1.12. The lowest BCUT2D eigenvalue weighted by molar-refractivity contribution is -0.143. The second-order valence-corrected chi connectivity index (χ2v) is 6.82. The van der Waals surface area contributed by atoms with Crippen LogP contribution < -0.4 is 5.32 Å². The molecule has 0 unspecified atom stereocenters. The topological polar surface area (TPSA) is 93.4 Å². The highest BCUT2D eigenvalue weighted by atomic mass is 32.1. The van der Waals surface area contributed by atoms with Crippen molar-refractivity contribution in [3.63, 3.8) is 0 Å².